The van der Waals surface area contributed by atoms with Gasteiger partial charge in [-0.1, -0.05) is 0 Å². The number of amides is 1. The number of aliphatic hydroxyl groups is 5. The summed E-state index contributed by atoms with van der Waals surface area (Å²) in [6, 6.07) is 0. The van der Waals surface area contributed by atoms with Crippen LogP contribution in [0.4, 0.5) is 5.69 Å². The summed E-state index contributed by atoms with van der Waals surface area (Å²) in [6.07, 6.45) is -8.63. The molecule has 0 fully saturated rings. The molecule has 0 radical (unpaired) electrons. The van der Waals surface area contributed by atoms with Gasteiger partial charge in [0.2, 0.25) is 0 Å². The smallest absolute Gasteiger partial charge is 0.354 e. The monoisotopic (exact) mass is 349 g/mol. The van der Waals surface area contributed by atoms with Crippen LogP contribution in [0.15, 0.2) is 9.59 Å². The molecule has 24 heavy (non-hydrogen) atoms. The number of carboxylic acids is 1. The minimum absolute atomic E-state index is 0.921. The summed E-state index contributed by atoms with van der Waals surface area (Å²) in [6.45, 7) is -0.977. The molecular weight excluding hydrogens is 334 g/mol. The van der Waals surface area contributed by atoms with Gasteiger partial charge >= 0.3 is 11.7 Å². The van der Waals surface area contributed by atoms with Crippen LogP contribution in [-0.2, 0) is 4.79 Å². The molecule has 0 bridgehead atoms. The van der Waals surface area contributed by atoms with Crippen molar-refractivity contribution in [1.82, 2.24) is 9.97 Å². The zero-order chi connectivity index (χ0) is 18.6. The molecule has 9 N–H and O–H groups in total. The number of H-pyrrole nitrogens is 2. The maximum absolute atomic E-state index is 11.8. The van der Waals surface area contributed by atoms with Crippen molar-refractivity contribution in [2.75, 3.05) is 11.9 Å². The van der Waals surface area contributed by atoms with Crippen molar-refractivity contribution in [3.63, 3.8) is 0 Å². The van der Waals surface area contributed by atoms with E-state index in [0.29, 0.717) is 0 Å². The number of hydrogen-bond acceptors (Lipinski definition) is 9. The van der Waals surface area contributed by atoms with Crippen molar-refractivity contribution in [1.29, 1.82) is 0 Å². The molecule has 4 atom stereocenters. The van der Waals surface area contributed by atoms with E-state index in [1.54, 1.807) is 15.3 Å². The summed E-state index contributed by atoms with van der Waals surface area (Å²) in [5.74, 6) is -3.27. The summed E-state index contributed by atoms with van der Waals surface area (Å²) in [5, 5.41) is 56.8. The van der Waals surface area contributed by atoms with Gasteiger partial charge in [0.05, 0.1) is 6.61 Å². The fourth-order valence-corrected chi connectivity index (χ4v) is 1.64. The molecule has 1 amide bonds. The van der Waals surface area contributed by atoms with Gasteiger partial charge in [-0.15, -0.1) is 0 Å². The van der Waals surface area contributed by atoms with Crippen LogP contribution in [-0.4, -0.2) is 83.5 Å². The van der Waals surface area contributed by atoms with Crippen LogP contribution in [0.25, 0.3) is 0 Å². The lowest BCUT2D eigenvalue weighted by atomic mass is 10.0. The standard InChI is InChI=1S/C11H15N3O10/c15-1-2(16)5(17)6(18)7(19)9(21)12-3-4(10(22)23)13-11(24)14-8(3)20/h2,5-7,15-19H,1H2,(H,12,21)(H,22,23)(H2,13,14,20,24)/t2-,5-,6+,7-/m1/s1. The van der Waals surface area contributed by atoms with Gasteiger partial charge in [-0.3, -0.25) is 19.6 Å². The molecule has 1 rings (SSSR count). The third-order valence-corrected chi connectivity index (χ3v) is 2.93. The van der Waals surface area contributed by atoms with Gasteiger partial charge in [0.25, 0.3) is 11.5 Å². The predicted molar refractivity (Wildman–Crippen MR) is 74.4 cm³/mol. The first-order valence-electron chi connectivity index (χ1n) is 6.34. The highest BCUT2D eigenvalue weighted by molar-refractivity contribution is 6.00. The highest BCUT2D eigenvalue weighted by atomic mass is 16.4. The van der Waals surface area contributed by atoms with Crippen LogP contribution in [0.2, 0.25) is 0 Å². The molecule has 13 nitrogen and oxygen atoms in total. The first-order valence-corrected chi connectivity index (χ1v) is 6.34. The molecular formula is C11H15N3O10. The number of nitrogens with one attached hydrogen (secondary N) is 3. The minimum atomic E-state index is -2.39. The zero-order valence-electron chi connectivity index (χ0n) is 11.8. The second kappa shape index (κ2) is 7.80. The largest absolute Gasteiger partial charge is 0.477 e. The van der Waals surface area contributed by atoms with E-state index >= 15 is 0 Å². The van der Waals surface area contributed by atoms with E-state index in [1.165, 1.54) is 0 Å². The maximum Gasteiger partial charge on any atom is 0.354 e. The summed E-state index contributed by atoms with van der Waals surface area (Å²) in [5.41, 5.74) is -4.34. The van der Waals surface area contributed by atoms with Crippen molar-refractivity contribution in [2.24, 2.45) is 0 Å². The van der Waals surface area contributed by atoms with Gasteiger partial charge < -0.3 is 36.0 Å². The molecule has 0 aliphatic heterocycles. The summed E-state index contributed by atoms with van der Waals surface area (Å²) in [7, 11) is 0. The minimum Gasteiger partial charge on any atom is -0.477 e. The van der Waals surface area contributed by atoms with E-state index in [1.807, 2.05) is 0 Å². The molecule has 0 spiro atoms. The van der Waals surface area contributed by atoms with Gasteiger partial charge in [0.15, 0.2) is 11.8 Å². The van der Waals surface area contributed by atoms with E-state index in [2.05, 4.69) is 0 Å². The second-order valence-electron chi connectivity index (χ2n) is 4.63. The van der Waals surface area contributed by atoms with E-state index < -0.39 is 65.5 Å². The number of carbonyl (C=O) groups excluding carboxylic acids is 1. The third-order valence-electron chi connectivity index (χ3n) is 2.93. The fourth-order valence-electron chi connectivity index (χ4n) is 1.64. The van der Waals surface area contributed by atoms with Crippen molar-refractivity contribution >= 4 is 17.6 Å². The number of aliphatic hydroxyl groups excluding tert-OH is 5. The molecule has 0 saturated heterocycles. The van der Waals surface area contributed by atoms with E-state index in [4.69, 9.17) is 15.3 Å². The lowest BCUT2D eigenvalue weighted by molar-refractivity contribution is -0.144. The first kappa shape index (κ1) is 19.5. The highest BCUT2D eigenvalue weighted by Gasteiger charge is 2.35. The van der Waals surface area contributed by atoms with Crippen LogP contribution < -0.4 is 16.6 Å². The number of carboxylic acid groups (broad SMARTS) is 1. The van der Waals surface area contributed by atoms with Gasteiger partial charge in [0, 0.05) is 0 Å². The molecule has 134 valence electrons. The topological polar surface area (TPSA) is 233 Å². The third kappa shape index (κ3) is 4.24. The quantitative estimate of drug-likeness (QED) is 0.227. The summed E-state index contributed by atoms with van der Waals surface area (Å²) >= 11 is 0. The highest BCUT2D eigenvalue weighted by Crippen LogP contribution is 2.09. The molecule has 0 saturated carbocycles. The zero-order valence-corrected chi connectivity index (χ0v) is 11.8. The molecule has 0 aliphatic carbocycles. The Hall–Kier alpha value is -2.58. The number of aromatic amines is 2. The summed E-state index contributed by atoms with van der Waals surface area (Å²) in [4.78, 5) is 48.7. The average Bonchev–Trinajstić information content (AvgIpc) is 2.53. The van der Waals surface area contributed by atoms with E-state index in [9.17, 15) is 34.5 Å². The Balaban J connectivity index is 3.06. The molecule has 1 aromatic heterocycles. The molecule has 1 heterocycles. The Bertz CT molecular complexity index is 725. The second-order valence-corrected chi connectivity index (χ2v) is 4.63. The number of anilines is 1. The van der Waals surface area contributed by atoms with Crippen LogP contribution in [0.1, 0.15) is 10.5 Å². The van der Waals surface area contributed by atoms with E-state index in [0.717, 1.165) is 0 Å². The fraction of sp³-hybridized carbons (Fsp3) is 0.455. The van der Waals surface area contributed by atoms with Gasteiger partial charge in [-0.25, -0.2) is 9.59 Å². The Morgan fingerprint density at radius 2 is 1.62 bits per heavy atom. The average molecular weight is 349 g/mol. The Morgan fingerprint density at radius 1 is 1.04 bits per heavy atom. The Labute approximate surface area is 131 Å². The number of rotatable bonds is 7. The number of aromatic nitrogens is 2. The molecule has 0 aliphatic rings. The van der Waals surface area contributed by atoms with Crippen molar-refractivity contribution < 1.29 is 40.2 Å². The Kier molecular flexibility index (Phi) is 6.33. The predicted octanol–water partition coefficient (Wildman–Crippen LogP) is -4.86. The van der Waals surface area contributed by atoms with Crippen LogP contribution in [0, 0.1) is 0 Å². The number of carbonyl (C=O) groups is 2. The van der Waals surface area contributed by atoms with E-state index in [-0.39, 0.29) is 0 Å². The lowest BCUT2D eigenvalue weighted by Crippen LogP contribution is -2.50. The number of hydrogen-bond donors (Lipinski definition) is 9. The van der Waals surface area contributed by atoms with Crippen molar-refractivity contribution in [3.05, 3.63) is 26.5 Å². The van der Waals surface area contributed by atoms with Gasteiger partial charge in [-0.05, 0) is 0 Å². The Morgan fingerprint density at radius 3 is 2.12 bits per heavy atom. The normalized spacial score (nSPS) is 16.0. The molecule has 1 aromatic rings. The molecule has 0 unspecified atom stereocenters. The molecule has 13 heteroatoms. The van der Waals surface area contributed by atoms with Gasteiger partial charge in [0.1, 0.15) is 24.0 Å². The van der Waals surface area contributed by atoms with Crippen LogP contribution >= 0.6 is 0 Å². The van der Waals surface area contributed by atoms with Gasteiger partial charge in [-0.2, -0.15) is 0 Å². The number of aromatic carboxylic acids is 1. The van der Waals surface area contributed by atoms with Crippen molar-refractivity contribution in [3.8, 4) is 0 Å². The van der Waals surface area contributed by atoms with Crippen LogP contribution in [0.5, 0.6) is 0 Å². The summed E-state index contributed by atoms with van der Waals surface area (Å²) < 4.78 is 0. The maximum atomic E-state index is 11.8. The lowest BCUT2D eigenvalue weighted by Gasteiger charge is -2.24. The first-order chi connectivity index (χ1) is 11.1. The van der Waals surface area contributed by atoms with Crippen LogP contribution in [0.3, 0.4) is 0 Å². The van der Waals surface area contributed by atoms with Crippen molar-refractivity contribution in [2.45, 2.75) is 24.4 Å². The SMILES string of the molecule is O=C(O)c1[nH]c(=O)[nH]c(=O)c1NC(=O)[C@H](O)[C@@H](O)[C@H](O)[C@H](O)CO. The molecule has 0 aromatic carbocycles.